The number of nitrogen functional groups attached to an aromatic ring is 1. The minimum absolute atomic E-state index is 0.0519. The molecule has 2 rings (SSSR count). The normalized spacial score (nSPS) is 26.7. The summed E-state index contributed by atoms with van der Waals surface area (Å²) in [6, 6.07) is 4.82. The van der Waals surface area contributed by atoms with Gasteiger partial charge in [-0.25, -0.2) is 13.1 Å². The van der Waals surface area contributed by atoms with E-state index in [-0.39, 0.29) is 11.4 Å². The number of hydrogen-bond donors (Lipinski definition) is 3. The molecule has 0 radical (unpaired) electrons. The van der Waals surface area contributed by atoms with Crippen LogP contribution >= 0.6 is 0 Å². The fraction of sp³-hybridized carbons (Fsp3) is 0.600. The molecule has 1 aromatic carbocycles. The van der Waals surface area contributed by atoms with E-state index in [1.54, 1.807) is 19.1 Å². The lowest BCUT2D eigenvalue weighted by atomic mass is 9.80. The van der Waals surface area contributed by atoms with Gasteiger partial charge in [0.1, 0.15) is 0 Å². The first-order valence-corrected chi connectivity index (χ1v) is 8.79. The minimum Gasteiger partial charge on any atom is -0.398 e. The summed E-state index contributed by atoms with van der Waals surface area (Å²) in [4.78, 5) is 0.176. The van der Waals surface area contributed by atoms with E-state index in [9.17, 15) is 13.5 Å². The number of nitrogens with two attached hydrogens (primary N) is 1. The molecule has 0 saturated heterocycles. The van der Waals surface area contributed by atoms with Gasteiger partial charge in [-0.1, -0.05) is 13.0 Å². The average molecular weight is 312 g/mol. The molecule has 0 bridgehead atoms. The molecule has 0 aliphatic heterocycles. The van der Waals surface area contributed by atoms with E-state index in [1.807, 2.05) is 0 Å². The van der Waals surface area contributed by atoms with E-state index < -0.39 is 15.6 Å². The lowest BCUT2D eigenvalue weighted by Crippen LogP contribution is -2.45. The van der Waals surface area contributed by atoms with Gasteiger partial charge in [0.05, 0.1) is 10.5 Å². The third kappa shape index (κ3) is 3.75. The van der Waals surface area contributed by atoms with Gasteiger partial charge >= 0.3 is 0 Å². The van der Waals surface area contributed by atoms with Crippen LogP contribution < -0.4 is 10.5 Å². The average Bonchev–Trinajstić information content (AvgIpc) is 2.43. The van der Waals surface area contributed by atoms with Crippen LogP contribution in [0.4, 0.5) is 5.69 Å². The molecule has 0 heterocycles. The van der Waals surface area contributed by atoms with Gasteiger partial charge in [0.2, 0.25) is 10.0 Å². The Hall–Kier alpha value is -1.11. The SMILES string of the molecule is Cc1c(N)cccc1S(=O)(=O)NCC1(O)CCC(C)CC1. The minimum atomic E-state index is -3.65. The summed E-state index contributed by atoms with van der Waals surface area (Å²) in [5.41, 5.74) is 5.80. The van der Waals surface area contributed by atoms with Crippen LogP contribution in [0.2, 0.25) is 0 Å². The summed E-state index contributed by atoms with van der Waals surface area (Å²) in [6.45, 7) is 3.89. The van der Waals surface area contributed by atoms with Gasteiger partial charge in [-0.2, -0.15) is 0 Å². The molecule has 1 aromatic rings. The molecular formula is C15H24N2O3S. The Bertz CT molecular complexity index is 605. The third-order valence-electron chi connectivity index (χ3n) is 4.41. The molecule has 0 spiro atoms. The van der Waals surface area contributed by atoms with Crippen molar-refractivity contribution in [2.24, 2.45) is 5.92 Å². The predicted molar refractivity (Wildman–Crippen MR) is 83.4 cm³/mol. The maximum absolute atomic E-state index is 12.4. The van der Waals surface area contributed by atoms with Gasteiger partial charge in [0.25, 0.3) is 0 Å². The van der Waals surface area contributed by atoms with E-state index in [0.29, 0.717) is 30.0 Å². The highest BCUT2D eigenvalue weighted by Gasteiger charge is 2.33. The van der Waals surface area contributed by atoms with E-state index in [1.165, 1.54) is 6.07 Å². The Balaban J connectivity index is 2.10. The Morgan fingerprint density at radius 2 is 2.00 bits per heavy atom. The van der Waals surface area contributed by atoms with Crippen LogP contribution in [0.5, 0.6) is 0 Å². The molecule has 1 aliphatic carbocycles. The molecule has 0 aromatic heterocycles. The number of aliphatic hydroxyl groups is 1. The van der Waals surface area contributed by atoms with Crippen molar-refractivity contribution in [3.63, 3.8) is 0 Å². The van der Waals surface area contributed by atoms with Crippen molar-refractivity contribution in [1.29, 1.82) is 0 Å². The van der Waals surface area contributed by atoms with Crippen LogP contribution in [0.3, 0.4) is 0 Å². The zero-order chi connectivity index (χ0) is 15.7. The molecule has 0 atom stereocenters. The van der Waals surface area contributed by atoms with Gasteiger partial charge in [-0.3, -0.25) is 0 Å². The monoisotopic (exact) mass is 312 g/mol. The summed E-state index contributed by atoms with van der Waals surface area (Å²) < 4.78 is 27.3. The van der Waals surface area contributed by atoms with Crippen LogP contribution in [0.15, 0.2) is 23.1 Å². The first kappa shape index (κ1) is 16.3. The highest BCUT2D eigenvalue weighted by molar-refractivity contribution is 7.89. The zero-order valence-electron chi connectivity index (χ0n) is 12.6. The second-order valence-electron chi connectivity index (χ2n) is 6.20. The molecule has 4 N–H and O–H groups in total. The quantitative estimate of drug-likeness (QED) is 0.739. The summed E-state index contributed by atoms with van der Waals surface area (Å²) in [7, 11) is -3.65. The molecule has 0 unspecified atom stereocenters. The Morgan fingerprint density at radius 1 is 1.38 bits per heavy atom. The first-order chi connectivity index (χ1) is 9.73. The van der Waals surface area contributed by atoms with Crippen molar-refractivity contribution < 1.29 is 13.5 Å². The van der Waals surface area contributed by atoms with Crippen molar-refractivity contribution in [3.8, 4) is 0 Å². The molecule has 5 nitrogen and oxygen atoms in total. The molecule has 0 amide bonds. The summed E-state index contributed by atoms with van der Waals surface area (Å²) in [6.07, 6.45) is 3.12. The van der Waals surface area contributed by atoms with Gasteiger partial charge in [-0.05, 0) is 56.2 Å². The highest BCUT2D eigenvalue weighted by atomic mass is 32.2. The Morgan fingerprint density at radius 3 is 2.62 bits per heavy atom. The zero-order valence-corrected chi connectivity index (χ0v) is 13.4. The second kappa shape index (κ2) is 5.94. The Kier molecular flexibility index (Phi) is 4.60. The number of nitrogens with one attached hydrogen (secondary N) is 1. The number of sulfonamides is 1. The largest absolute Gasteiger partial charge is 0.398 e. The summed E-state index contributed by atoms with van der Waals surface area (Å²) in [5, 5.41) is 10.5. The van der Waals surface area contributed by atoms with Crippen LogP contribution in [0.25, 0.3) is 0 Å². The van der Waals surface area contributed by atoms with Crippen molar-refractivity contribution in [2.75, 3.05) is 12.3 Å². The molecule has 118 valence electrons. The van der Waals surface area contributed by atoms with Crippen molar-refractivity contribution in [1.82, 2.24) is 4.72 Å². The van der Waals surface area contributed by atoms with Crippen molar-refractivity contribution in [3.05, 3.63) is 23.8 Å². The number of rotatable bonds is 4. The fourth-order valence-electron chi connectivity index (χ4n) is 2.71. The molecule has 1 fully saturated rings. The molecule has 1 aliphatic rings. The highest BCUT2D eigenvalue weighted by Crippen LogP contribution is 2.31. The topological polar surface area (TPSA) is 92.4 Å². The van der Waals surface area contributed by atoms with Crippen molar-refractivity contribution >= 4 is 15.7 Å². The summed E-state index contributed by atoms with van der Waals surface area (Å²) in [5.74, 6) is 0.595. The molecule has 21 heavy (non-hydrogen) atoms. The molecule has 1 saturated carbocycles. The molecular weight excluding hydrogens is 288 g/mol. The van der Waals surface area contributed by atoms with Gasteiger partial charge in [0, 0.05) is 12.2 Å². The van der Waals surface area contributed by atoms with Gasteiger partial charge < -0.3 is 10.8 Å². The Labute approximate surface area is 126 Å². The maximum Gasteiger partial charge on any atom is 0.241 e. The maximum atomic E-state index is 12.4. The van der Waals surface area contributed by atoms with Crippen molar-refractivity contribution in [2.45, 2.75) is 50.0 Å². The number of benzene rings is 1. The van der Waals surface area contributed by atoms with Gasteiger partial charge in [-0.15, -0.1) is 0 Å². The van der Waals surface area contributed by atoms with Crippen LogP contribution in [0, 0.1) is 12.8 Å². The standard InChI is InChI=1S/C15H24N2O3S/c1-11-6-8-15(18,9-7-11)10-17-21(19,20)14-5-3-4-13(16)12(14)2/h3-5,11,17-18H,6-10,16H2,1-2H3. The summed E-state index contributed by atoms with van der Waals surface area (Å²) >= 11 is 0. The molecule has 6 heteroatoms. The van der Waals surface area contributed by atoms with E-state index in [4.69, 9.17) is 5.73 Å². The second-order valence-corrected chi connectivity index (χ2v) is 7.94. The predicted octanol–water partition coefficient (Wildman–Crippen LogP) is 1.80. The van der Waals surface area contributed by atoms with Crippen LogP contribution in [-0.2, 0) is 10.0 Å². The number of hydrogen-bond acceptors (Lipinski definition) is 4. The smallest absolute Gasteiger partial charge is 0.241 e. The van der Waals surface area contributed by atoms with Crippen LogP contribution in [0.1, 0.15) is 38.2 Å². The number of anilines is 1. The van der Waals surface area contributed by atoms with E-state index in [2.05, 4.69) is 11.6 Å². The lowest BCUT2D eigenvalue weighted by molar-refractivity contribution is -0.00183. The van der Waals surface area contributed by atoms with Crippen LogP contribution in [-0.4, -0.2) is 25.7 Å². The van der Waals surface area contributed by atoms with E-state index in [0.717, 1.165) is 12.8 Å². The van der Waals surface area contributed by atoms with Gasteiger partial charge in [0.15, 0.2) is 0 Å². The fourth-order valence-corrected chi connectivity index (χ4v) is 4.10. The lowest BCUT2D eigenvalue weighted by Gasteiger charge is -2.34. The third-order valence-corrected chi connectivity index (χ3v) is 5.96. The first-order valence-electron chi connectivity index (χ1n) is 7.31. The van der Waals surface area contributed by atoms with E-state index >= 15 is 0 Å².